The van der Waals surface area contributed by atoms with Crippen LogP contribution in [0.2, 0.25) is 18.1 Å². The number of aliphatic hydroxyl groups excluding tert-OH is 1. The highest BCUT2D eigenvalue weighted by molar-refractivity contribution is 6.74. The molecule has 0 heterocycles. The fourth-order valence-electron chi connectivity index (χ4n) is 2.81. The van der Waals surface area contributed by atoms with E-state index in [1.165, 1.54) is 0 Å². The molecule has 0 radical (unpaired) electrons. The zero-order valence-electron chi connectivity index (χ0n) is 18.2. The smallest absolute Gasteiger partial charge is 0.303 e. The predicted molar refractivity (Wildman–Crippen MR) is 118 cm³/mol. The van der Waals surface area contributed by atoms with Crippen molar-refractivity contribution in [1.82, 2.24) is 0 Å². The van der Waals surface area contributed by atoms with Gasteiger partial charge in [0.15, 0.2) is 8.32 Å². The van der Waals surface area contributed by atoms with Gasteiger partial charge in [-0.25, -0.2) is 0 Å². The molecule has 0 aliphatic carbocycles. The summed E-state index contributed by atoms with van der Waals surface area (Å²) >= 11 is 0. The maximum absolute atomic E-state index is 10.7. The average Bonchev–Trinajstić information content (AvgIpc) is 2.60. The number of unbranched alkanes of at least 4 members (excludes halogenated alkanes) is 2. The summed E-state index contributed by atoms with van der Waals surface area (Å²) in [4.78, 5) is 10.7. The molecule has 0 spiro atoms. The average molecular weight is 407 g/mol. The van der Waals surface area contributed by atoms with E-state index in [1.54, 1.807) is 0 Å². The Morgan fingerprint density at radius 1 is 1.11 bits per heavy atom. The Labute approximate surface area is 171 Å². The van der Waals surface area contributed by atoms with Crippen LogP contribution >= 0.6 is 0 Å². The monoisotopic (exact) mass is 406 g/mol. The number of hydrogen-bond acceptors (Lipinski definition) is 3. The summed E-state index contributed by atoms with van der Waals surface area (Å²) in [7, 11) is -2.02. The number of aliphatic carboxylic acids is 1. The van der Waals surface area contributed by atoms with Crippen LogP contribution in [0.25, 0.3) is 0 Å². The van der Waals surface area contributed by atoms with E-state index < -0.39 is 20.4 Å². The predicted octanol–water partition coefficient (Wildman–Crippen LogP) is 6.09. The molecule has 5 heteroatoms. The van der Waals surface area contributed by atoms with Crippen molar-refractivity contribution in [1.29, 1.82) is 0 Å². The molecule has 0 saturated heterocycles. The third-order valence-electron chi connectivity index (χ3n) is 5.71. The lowest BCUT2D eigenvalue weighted by molar-refractivity contribution is -0.137. The van der Waals surface area contributed by atoms with Crippen molar-refractivity contribution in [3.05, 3.63) is 48.0 Å². The van der Waals surface area contributed by atoms with Crippen molar-refractivity contribution in [3.63, 3.8) is 0 Å². The highest BCUT2D eigenvalue weighted by atomic mass is 28.4. The van der Waals surface area contributed by atoms with Crippen LogP contribution in [0, 0.1) is 0 Å². The van der Waals surface area contributed by atoms with Crippen molar-refractivity contribution in [2.24, 2.45) is 0 Å². The highest BCUT2D eigenvalue weighted by Crippen LogP contribution is 2.39. The van der Waals surface area contributed by atoms with Crippen LogP contribution in [0.4, 0.5) is 0 Å². The molecule has 1 rings (SSSR count). The fraction of sp³-hybridized carbons (Fsp3) is 0.609. The maximum atomic E-state index is 10.7. The van der Waals surface area contributed by atoms with Crippen molar-refractivity contribution in [2.75, 3.05) is 0 Å². The summed E-state index contributed by atoms with van der Waals surface area (Å²) < 4.78 is 6.64. The normalized spacial score (nSPS) is 14.5. The minimum Gasteiger partial charge on any atom is -0.481 e. The van der Waals surface area contributed by atoms with E-state index in [-0.39, 0.29) is 17.6 Å². The molecule has 0 unspecified atom stereocenters. The molecule has 158 valence electrons. The van der Waals surface area contributed by atoms with Crippen LogP contribution in [-0.4, -0.2) is 30.6 Å². The second-order valence-electron chi connectivity index (χ2n) is 9.14. The number of carboxylic acid groups (broad SMARTS) is 1. The van der Waals surface area contributed by atoms with E-state index in [4.69, 9.17) is 9.53 Å². The molecular weight excluding hydrogens is 368 g/mol. The van der Waals surface area contributed by atoms with E-state index in [2.05, 4.69) is 40.4 Å². The van der Waals surface area contributed by atoms with Gasteiger partial charge in [-0.3, -0.25) is 4.79 Å². The lowest BCUT2D eigenvalue weighted by Gasteiger charge is -2.40. The van der Waals surface area contributed by atoms with Gasteiger partial charge in [-0.2, -0.15) is 0 Å². The van der Waals surface area contributed by atoms with E-state index >= 15 is 0 Å². The first kappa shape index (κ1) is 24.6. The molecule has 0 aromatic heterocycles. The first-order valence-corrected chi connectivity index (χ1v) is 13.1. The lowest BCUT2D eigenvalue weighted by Crippen LogP contribution is -2.44. The maximum Gasteiger partial charge on any atom is 0.303 e. The molecule has 0 saturated carbocycles. The number of hydrogen-bond donors (Lipinski definition) is 2. The SMILES string of the molecule is C=C(CCCCCC(=O)O)[C@@H](C[C@@H](O)c1ccccc1)O[Si](C)(C)C(C)(C)C. The van der Waals surface area contributed by atoms with E-state index in [1.807, 2.05) is 30.3 Å². The van der Waals surface area contributed by atoms with Gasteiger partial charge in [0.2, 0.25) is 0 Å². The molecule has 0 aliphatic rings. The van der Waals surface area contributed by atoms with Gasteiger partial charge in [0.25, 0.3) is 0 Å². The second kappa shape index (κ2) is 10.9. The fourth-order valence-corrected chi connectivity index (χ4v) is 4.14. The van der Waals surface area contributed by atoms with Crippen LogP contribution < -0.4 is 0 Å². The van der Waals surface area contributed by atoms with Crippen molar-refractivity contribution < 1.29 is 19.4 Å². The van der Waals surface area contributed by atoms with Crippen molar-refractivity contribution in [3.8, 4) is 0 Å². The zero-order chi connectivity index (χ0) is 21.4. The Kier molecular flexibility index (Phi) is 9.61. The first-order valence-electron chi connectivity index (χ1n) is 10.2. The number of aliphatic hydroxyl groups is 1. The molecule has 28 heavy (non-hydrogen) atoms. The Hall–Kier alpha value is -1.43. The van der Waals surface area contributed by atoms with Crippen molar-refractivity contribution >= 4 is 14.3 Å². The molecular formula is C23H38O4Si. The van der Waals surface area contributed by atoms with Crippen LogP contribution in [0.1, 0.15) is 71.0 Å². The number of carboxylic acids is 1. The zero-order valence-corrected chi connectivity index (χ0v) is 19.2. The van der Waals surface area contributed by atoms with Gasteiger partial charge in [0, 0.05) is 12.8 Å². The Morgan fingerprint density at radius 2 is 1.68 bits per heavy atom. The van der Waals surface area contributed by atoms with Crippen LogP contribution in [0.15, 0.2) is 42.5 Å². The van der Waals surface area contributed by atoms with E-state index in [0.717, 1.165) is 30.4 Å². The molecule has 1 aromatic carbocycles. The standard InChI is InChI=1S/C23H38O4Si/c1-18(13-9-7-12-16-22(25)26)21(27-28(5,6)23(2,3)4)17-20(24)19-14-10-8-11-15-19/h8,10-11,14-15,20-21,24H,1,7,9,12-13,16-17H2,2-6H3,(H,25,26)/t20-,21-/m1/s1. The minimum atomic E-state index is -2.02. The number of rotatable bonds is 12. The second-order valence-corrected chi connectivity index (χ2v) is 13.9. The van der Waals surface area contributed by atoms with E-state index in [9.17, 15) is 9.90 Å². The third kappa shape index (κ3) is 8.29. The summed E-state index contributed by atoms with van der Waals surface area (Å²) in [5.74, 6) is -0.746. The van der Waals surface area contributed by atoms with Gasteiger partial charge in [-0.15, -0.1) is 0 Å². The van der Waals surface area contributed by atoms with Gasteiger partial charge >= 0.3 is 5.97 Å². The first-order chi connectivity index (χ1) is 12.9. The van der Waals surface area contributed by atoms with E-state index in [0.29, 0.717) is 12.8 Å². The van der Waals surface area contributed by atoms with Crippen LogP contribution in [-0.2, 0) is 9.22 Å². The third-order valence-corrected chi connectivity index (χ3v) is 10.2. The van der Waals surface area contributed by atoms with Crippen LogP contribution in [0.5, 0.6) is 0 Å². The van der Waals surface area contributed by atoms with Gasteiger partial charge in [0.05, 0.1) is 12.2 Å². The quantitative estimate of drug-likeness (QED) is 0.250. The minimum absolute atomic E-state index is 0.0741. The van der Waals surface area contributed by atoms with Crippen LogP contribution in [0.3, 0.4) is 0 Å². The molecule has 1 aromatic rings. The molecule has 0 aliphatic heterocycles. The molecule has 2 atom stereocenters. The summed E-state index contributed by atoms with van der Waals surface area (Å²) in [5.41, 5.74) is 1.88. The Morgan fingerprint density at radius 3 is 2.21 bits per heavy atom. The lowest BCUT2D eigenvalue weighted by atomic mass is 9.96. The summed E-state index contributed by atoms with van der Waals surface area (Å²) in [6.07, 6.45) is 3.14. The molecule has 0 bridgehead atoms. The summed E-state index contributed by atoms with van der Waals surface area (Å²) in [6, 6.07) is 9.67. The number of carbonyl (C=O) groups is 1. The van der Waals surface area contributed by atoms with Gasteiger partial charge in [0.1, 0.15) is 0 Å². The molecule has 0 amide bonds. The largest absolute Gasteiger partial charge is 0.481 e. The van der Waals surface area contributed by atoms with Gasteiger partial charge < -0.3 is 14.6 Å². The molecule has 4 nitrogen and oxygen atoms in total. The Bertz CT molecular complexity index is 619. The summed E-state index contributed by atoms with van der Waals surface area (Å²) in [5, 5.41) is 19.6. The van der Waals surface area contributed by atoms with Crippen molar-refractivity contribution in [2.45, 2.75) is 89.6 Å². The Balaban J connectivity index is 2.79. The van der Waals surface area contributed by atoms with Gasteiger partial charge in [-0.05, 0) is 48.5 Å². The summed E-state index contributed by atoms with van der Waals surface area (Å²) in [6.45, 7) is 15.3. The number of benzene rings is 1. The topological polar surface area (TPSA) is 66.8 Å². The van der Waals surface area contributed by atoms with Gasteiger partial charge in [-0.1, -0.05) is 64.1 Å². The molecule has 2 N–H and O–H groups in total. The highest BCUT2D eigenvalue weighted by Gasteiger charge is 2.40. The molecule has 0 fully saturated rings.